The van der Waals surface area contributed by atoms with E-state index in [4.69, 9.17) is 9.15 Å². The number of hydrogen-bond acceptors (Lipinski definition) is 4. The largest absolute Gasteiger partial charge is 0.486 e. The molecule has 1 amide bonds. The highest BCUT2D eigenvalue weighted by atomic mass is 79.9. The van der Waals surface area contributed by atoms with Gasteiger partial charge in [0.2, 0.25) is 0 Å². The highest BCUT2D eigenvalue weighted by Crippen LogP contribution is 2.19. The van der Waals surface area contributed by atoms with Crippen LogP contribution < -0.4 is 15.4 Å². The van der Waals surface area contributed by atoms with E-state index in [-0.39, 0.29) is 31.0 Å². The smallest absolute Gasteiger partial charge is 0.287 e. The highest BCUT2D eigenvalue weighted by molar-refractivity contribution is 9.10. The van der Waals surface area contributed by atoms with Crippen LogP contribution in [0.3, 0.4) is 0 Å². The monoisotopic (exact) mass is 416 g/mol. The average Bonchev–Trinajstić information content (AvgIpc) is 3.00. The number of rotatable bonds is 8. The predicted octanol–water partition coefficient (Wildman–Crippen LogP) is 3.77. The van der Waals surface area contributed by atoms with Gasteiger partial charge in [-0.25, -0.2) is 0 Å². The summed E-state index contributed by atoms with van der Waals surface area (Å²) in [7, 11) is 0. The van der Waals surface area contributed by atoms with Gasteiger partial charge >= 0.3 is 0 Å². The van der Waals surface area contributed by atoms with Crippen molar-refractivity contribution in [2.24, 2.45) is 0 Å². The van der Waals surface area contributed by atoms with E-state index >= 15 is 0 Å². The van der Waals surface area contributed by atoms with E-state index in [2.05, 4.69) is 26.6 Å². The maximum absolute atomic E-state index is 12.0. The molecule has 2 rings (SSSR count). The third-order valence-electron chi connectivity index (χ3n) is 3.18. The Morgan fingerprint density at radius 3 is 2.83 bits per heavy atom. The molecule has 0 aliphatic heterocycles. The topological polar surface area (TPSA) is 63.5 Å². The van der Waals surface area contributed by atoms with Crippen LogP contribution >= 0.6 is 28.3 Å². The normalized spacial score (nSPS) is 11.5. The summed E-state index contributed by atoms with van der Waals surface area (Å²) in [5, 5.41) is 6.07. The highest BCUT2D eigenvalue weighted by Gasteiger charge is 2.12. The van der Waals surface area contributed by atoms with Crippen molar-refractivity contribution < 1.29 is 13.9 Å². The number of ether oxygens (including phenoxy) is 1. The van der Waals surface area contributed by atoms with E-state index in [9.17, 15) is 4.79 Å². The summed E-state index contributed by atoms with van der Waals surface area (Å²) in [6, 6.07) is 11.2. The van der Waals surface area contributed by atoms with E-state index < -0.39 is 0 Å². The summed E-state index contributed by atoms with van der Waals surface area (Å²) in [6.45, 7) is 5.75. The molecular weight excluding hydrogens is 396 g/mol. The van der Waals surface area contributed by atoms with Gasteiger partial charge in [-0.15, -0.1) is 12.4 Å². The quantitative estimate of drug-likeness (QED) is 0.686. The van der Waals surface area contributed by atoms with Crippen molar-refractivity contribution in [2.45, 2.75) is 26.5 Å². The number of halogens is 2. The molecule has 7 heteroatoms. The molecule has 132 valence electrons. The van der Waals surface area contributed by atoms with Crippen LogP contribution in [0.15, 0.2) is 45.3 Å². The lowest BCUT2D eigenvalue weighted by Crippen LogP contribution is -2.38. The molecule has 0 aliphatic carbocycles. The SMILES string of the molecule is CCN[C@H](C)CNC(=O)c1ccc(COc2cccc(Br)c2)o1.Cl. The fourth-order valence-electron chi connectivity index (χ4n) is 2.04. The summed E-state index contributed by atoms with van der Waals surface area (Å²) >= 11 is 3.39. The molecule has 0 fully saturated rings. The first-order chi connectivity index (χ1) is 11.1. The van der Waals surface area contributed by atoms with Crippen LogP contribution in [0.1, 0.15) is 30.2 Å². The fraction of sp³-hybridized carbons (Fsp3) is 0.353. The molecule has 1 aromatic carbocycles. The Balaban J connectivity index is 0.00000288. The first kappa shape index (κ1) is 20.5. The van der Waals surface area contributed by atoms with Crippen molar-refractivity contribution in [3.63, 3.8) is 0 Å². The second-order valence-corrected chi connectivity index (χ2v) is 6.10. The molecule has 0 unspecified atom stereocenters. The number of nitrogens with one attached hydrogen (secondary N) is 2. The lowest BCUT2D eigenvalue weighted by atomic mass is 10.3. The van der Waals surface area contributed by atoms with Crippen molar-refractivity contribution in [2.75, 3.05) is 13.1 Å². The molecule has 1 atom stereocenters. The van der Waals surface area contributed by atoms with E-state index in [1.54, 1.807) is 12.1 Å². The van der Waals surface area contributed by atoms with E-state index in [1.165, 1.54) is 0 Å². The summed E-state index contributed by atoms with van der Waals surface area (Å²) in [5.41, 5.74) is 0. The fourth-order valence-corrected chi connectivity index (χ4v) is 2.42. The van der Waals surface area contributed by atoms with Crippen LogP contribution in [0.25, 0.3) is 0 Å². The van der Waals surface area contributed by atoms with Crippen molar-refractivity contribution in [1.29, 1.82) is 0 Å². The maximum atomic E-state index is 12.0. The third kappa shape index (κ3) is 6.55. The first-order valence-corrected chi connectivity index (χ1v) is 8.36. The molecule has 0 bridgehead atoms. The zero-order valence-corrected chi connectivity index (χ0v) is 16.1. The van der Waals surface area contributed by atoms with Crippen LogP contribution in [-0.2, 0) is 6.61 Å². The number of hydrogen-bond donors (Lipinski definition) is 2. The van der Waals surface area contributed by atoms with Gasteiger partial charge in [-0.2, -0.15) is 0 Å². The Morgan fingerprint density at radius 1 is 1.33 bits per heavy atom. The zero-order chi connectivity index (χ0) is 16.7. The van der Waals surface area contributed by atoms with Crippen molar-refractivity contribution in [3.8, 4) is 5.75 Å². The van der Waals surface area contributed by atoms with E-state index in [1.807, 2.05) is 38.1 Å². The average molecular weight is 418 g/mol. The van der Waals surface area contributed by atoms with Crippen LogP contribution in [0, 0.1) is 0 Å². The van der Waals surface area contributed by atoms with Gasteiger partial charge in [-0.05, 0) is 43.8 Å². The number of benzene rings is 1. The molecule has 0 saturated heterocycles. The Bertz CT molecular complexity index is 648. The minimum Gasteiger partial charge on any atom is -0.486 e. The molecule has 24 heavy (non-hydrogen) atoms. The van der Waals surface area contributed by atoms with E-state index in [0.29, 0.717) is 18.1 Å². The molecule has 2 aromatic rings. The van der Waals surface area contributed by atoms with Gasteiger partial charge in [0.1, 0.15) is 18.1 Å². The minimum absolute atomic E-state index is 0. The summed E-state index contributed by atoms with van der Waals surface area (Å²) < 4.78 is 12.1. The van der Waals surface area contributed by atoms with Gasteiger partial charge in [0.05, 0.1) is 0 Å². The van der Waals surface area contributed by atoms with Crippen molar-refractivity contribution >= 4 is 34.2 Å². The lowest BCUT2D eigenvalue weighted by Gasteiger charge is -2.12. The molecule has 1 aromatic heterocycles. The predicted molar refractivity (Wildman–Crippen MR) is 99.9 cm³/mol. The molecule has 2 N–H and O–H groups in total. The summed E-state index contributed by atoms with van der Waals surface area (Å²) in [4.78, 5) is 12.0. The molecule has 5 nitrogen and oxygen atoms in total. The summed E-state index contributed by atoms with van der Waals surface area (Å²) in [6.07, 6.45) is 0. The van der Waals surface area contributed by atoms with Crippen molar-refractivity contribution in [3.05, 3.63) is 52.4 Å². The van der Waals surface area contributed by atoms with Gasteiger partial charge in [-0.3, -0.25) is 4.79 Å². The molecule has 1 heterocycles. The Labute approximate surface area is 156 Å². The van der Waals surface area contributed by atoms with Gasteiger partial charge < -0.3 is 19.8 Å². The number of carbonyl (C=O) groups is 1. The van der Waals surface area contributed by atoms with Gasteiger partial charge in [-0.1, -0.05) is 28.9 Å². The minimum atomic E-state index is -0.219. The second kappa shape index (κ2) is 10.4. The lowest BCUT2D eigenvalue weighted by molar-refractivity contribution is 0.0918. The molecule has 0 saturated carbocycles. The summed E-state index contributed by atoms with van der Waals surface area (Å²) in [5.74, 6) is 1.42. The number of likely N-dealkylation sites (N-methyl/N-ethyl adjacent to an activating group) is 1. The van der Waals surface area contributed by atoms with Crippen molar-refractivity contribution in [1.82, 2.24) is 10.6 Å². The second-order valence-electron chi connectivity index (χ2n) is 5.18. The van der Waals surface area contributed by atoms with Crippen LogP contribution in [0.2, 0.25) is 0 Å². The Kier molecular flexibility index (Phi) is 8.89. The number of furan rings is 1. The molecule has 0 spiro atoms. The Morgan fingerprint density at radius 2 is 2.12 bits per heavy atom. The number of carbonyl (C=O) groups excluding carboxylic acids is 1. The Hall–Kier alpha value is -1.50. The first-order valence-electron chi connectivity index (χ1n) is 7.57. The van der Waals surface area contributed by atoms with Crippen LogP contribution in [0.5, 0.6) is 5.75 Å². The van der Waals surface area contributed by atoms with Crippen LogP contribution in [0.4, 0.5) is 0 Å². The zero-order valence-electron chi connectivity index (χ0n) is 13.7. The van der Waals surface area contributed by atoms with E-state index in [0.717, 1.165) is 16.8 Å². The molecule has 0 aliphatic rings. The number of amides is 1. The van der Waals surface area contributed by atoms with Gasteiger partial charge in [0.15, 0.2) is 5.76 Å². The standard InChI is InChI=1S/C17H21BrN2O3.ClH/c1-3-19-12(2)10-20-17(21)16-8-7-15(23-16)11-22-14-6-4-5-13(18)9-14;/h4-9,12,19H,3,10-11H2,1-2H3,(H,20,21);1H/t12-;/m1./s1. The molecular formula is C17H22BrClN2O3. The molecule has 0 radical (unpaired) electrons. The van der Waals surface area contributed by atoms with Gasteiger partial charge in [0, 0.05) is 17.1 Å². The maximum Gasteiger partial charge on any atom is 0.287 e. The van der Waals surface area contributed by atoms with Gasteiger partial charge in [0.25, 0.3) is 5.91 Å². The third-order valence-corrected chi connectivity index (χ3v) is 3.68. The van der Waals surface area contributed by atoms with Crippen LogP contribution in [-0.4, -0.2) is 25.0 Å².